The van der Waals surface area contributed by atoms with Gasteiger partial charge in [-0.2, -0.15) is 5.26 Å². The second-order valence-electron chi connectivity index (χ2n) is 10.7. The Bertz CT molecular complexity index is 799. The van der Waals surface area contributed by atoms with Gasteiger partial charge >= 0.3 is 11.9 Å². The molecule has 0 spiro atoms. The lowest BCUT2D eigenvalue weighted by molar-refractivity contribution is -0.165. The second kappa shape index (κ2) is 13.1. The third kappa shape index (κ3) is 7.95. The fraction of sp³-hybridized carbons (Fsp3) is 0.741. The lowest BCUT2D eigenvalue weighted by Gasteiger charge is -2.38. The molecule has 2 aliphatic rings. The lowest BCUT2D eigenvalue weighted by Crippen LogP contribution is -2.42. The van der Waals surface area contributed by atoms with E-state index < -0.39 is 36.2 Å². The van der Waals surface area contributed by atoms with Crippen molar-refractivity contribution in [2.24, 2.45) is 35.5 Å². The molecule has 0 bridgehead atoms. The minimum absolute atomic E-state index is 0.0802. The molecular weight excluding hydrogens is 434 g/mol. The molecule has 1 aliphatic heterocycles. The van der Waals surface area contributed by atoms with Crippen molar-refractivity contribution in [2.45, 2.75) is 91.0 Å². The van der Waals surface area contributed by atoms with Crippen LogP contribution in [-0.4, -0.2) is 45.6 Å². The number of hydrogen-bond acceptors (Lipinski definition) is 6. The Morgan fingerprint density at radius 2 is 1.71 bits per heavy atom. The van der Waals surface area contributed by atoms with Crippen LogP contribution in [0.3, 0.4) is 0 Å². The minimum Gasteiger partial charge on any atom is -0.481 e. The van der Waals surface area contributed by atoms with Gasteiger partial charge in [0.05, 0.1) is 36.2 Å². The minimum atomic E-state index is -0.892. The number of carbonyl (C=O) groups is 2. The fourth-order valence-corrected chi connectivity index (χ4v) is 5.50. The number of carboxylic acid groups (broad SMARTS) is 1. The van der Waals surface area contributed by atoms with Gasteiger partial charge in [-0.3, -0.25) is 9.59 Å². The van der Waals surface area contributed by atoms with E-state index in [4.69, 9.17) is 4.74 Å². The topological polar surface area (TPSA) is 128 Å². The molecule has 7 nitrogen and oxygen atoms in total. The number of hydrogen-bond donors (Lipinski definition) is 3. The van der Waals surface area contributed by atoms with Crippen LogP contribution in [0.25, 0.3) is 0 Å². The van der Waals surface area contributed by atoms with E-state index in [1.807, 2.05) is 13.8 Å². The number of aliphatic hydroxyl groups is 2. The third-order valence-electron chi connectivity index (χ3n) is 7.56. The highest BCUT2D eigenvalue weighted by Crippen LogP contribution is 2.40. The van der Waals surface area contributed by atoms with Crippen LogP contribution >= 0.6 is 0 Å². The first-order valence-electron chi connectivity index (χ1n) is 12.6. The van der Waals surface area contributed by atoms with E-state index in [0.29, 0.717) is 31.1 Å². The molecular formula is C27H41NO6. The molecule has 0 radical (unpaired) electrons. The van der Waals surface area contributed by atoms with Gasteiger partial charge in [0, 0.05) is 12.3 Å². The zero-order valence-electron chi connectivity index (χ0n) is 20.9. The van der Waals surface area contributed by atoms with Gasteiger partial charge in [0.25, 0.3) is 0 Å². The van der Waals surface area contributed by atoms with Crippen LogP contribution < -0.4 is 0 Å². The normalized spacial score (nSPS) is 41.4. The van der Waals surface area contributed by atoms with Crippen LogP contribution in [0, 0.1) is 46.8 Å². The van der Waals surface area contributed by atoms with Crippen LogP contribution in [0.15, 0.2) is 23.8 Å². The van der Waals surface area contributed by atoms with E-state index in [1.54, 1.807) is 18.2 Å². The largest absolute Gasteiger partial charge is 0.481 e. The van der Waals surface area contributed by atoms with E-state index in [9.17, 15) is 30.2 Å². The number of ether oxygens (including phenoxy) is 1. The average molecular weight is 476 g/mol. The molecule has 0 saturated heterocycles. The molecule has 0 aromatic carbocycles. The van der Waals surface area contributed by atoms with Gasteiger partial charge in [-0.25, -0.2) is 0 Å². The molecule has 3 N–H and O–H groups in total. The number of nitrogens with zero attached hydrogens (tertiary/aromatic N) is 1. The Balaban J connectivity index is 2.26. The summed E-state index contributed by atoms with van der Waals surface area (Å²) in [6.07, 6.45) is 6.55. The van der Waals surface area contributed by atoms with Gasteiger partial charge in [-0.05, 0) is 61.9 Å². The van der Waals surface area contributed by atoms with Gasteiger partial charge in [0.15, 0.2) is 0 Å². The zero-order chi connectivity index (χ0) is 25.4. The summed E-state index contributed by atoms with van der Waals surface area (Å²) in [5.74, 6) is -1.74. The molecule has 1 aliphatic carbocycles. The summed E-state index contributed by atoms with van der Waals surface area (Å²) in [4.78, 5) is 24.2. The summed E-state index contributed by atoms with van der Waals surface area (Å²) >= 11 is 0. The van der Waals surface area contributed by atoms with Crippen LogP contribution in [0.2, 0.25) is 0 Å². The van der Waals surface area contributed by atoms with Crippen molar-refractivity contribution < 1.29 is 29.6 Å². The van der Waals surface area contributed by atoms with E-state index >= 15 is 0 Å². The van der Waals surface area contributed by atoms with Gasteiger partial charge in [-0.15, -0.1) is 0 Å². The molecule has 0 aromatic rings. The van der Waals surface area contributed by atoms with E-state index in [-0.39, 0.29) is 29.7 Å². The van der Waals surface area contributed by atoms with E-state index in [1.165, 1.54) is 0 Å². The maximum Gasteiger partial charge on any atom is 0.308 e. The number of nitriles is 1. The maximum absolute atomic E-state index is 12.6. The molecule has 9 atom stereocenters. The molecule has 1 saturated carbocycles. The number of rotatable bonds is 2. The zero-order valence-corrected chi connectivity index (χ0v) is 20.9. The monoisotopic (exact) mass is 475 g/mol. The summed E-state index contributed by atoms with van der Waals surface area (Å²) < 4.78 is 5.69. The maximum atomic E-state index is 12.6. The quantitative estimate of drug-likeness (QED) is 0.509. The van der Waals surface area contributed by atoms with Crippen molar-refractivity contribution >= 4 is 11.9 Å². The van der Waals surface area contributed by atoms with Crippen molar-refractivity contribution in [3.8, 4) is 6.07 Å². The molecule has 0 amide bonds. The molecule has 1 fully saturated rings. The Hall–Kier alpha value is -2.17. The highest BCUT2D eigenvalue weighted by molar-refractivity contribution is 5.72. The first-order valence-corrected chi connectivity index (χ1v) is 12.6. The summed E-state index contributed by atoms with van der Waals surface area (Å²) in [7, 11) is 0. The summed E-state index contributed by atoms with van der Waals surface area (Å²) in [5.41, 5.74) is 0.280. The summed E-state index contributed by atoms with van der Waals surface area (Å²) in [6.45, 7) is 8.14. The highest BCUT2D eigenvalue weighted by atomic mass is 16.5. The second-order valence-corrected chi connectivity index (χ2v) is 10.7. The molecule has 34 heavy (non-hydrogen) atoms. The highest BCUT2D eigenvalue weighted by Gasteiger charge is 2.43. The average Bonchev–Trinajstić information content (AvgIpc) is 2.70. The Labute approximate surface area is 203 Å². The van der Waals surface area contributed by atoms with E-state index in [2.05, 4.69) is 19.9 Å². The number of cyclic esters (lactones) is 1. The van der Waals surface area contributed by atoms with Crippen molar-refractivity contribution in [2.75, 3.05) is 0 Å². The van der Waals surface area contributed by atoms with Gasteiger partial charge in [-0.1, -0.05) is 39.8 Å². The smallest absolute Gasteiger partial charge is 0.308 e. The van der Waals surface area contributed by atoms with E-state index in [0.717, 1.165) is 19.3 Å². The van der Waals surface area contributed by atoms with Crippen molar-refractivity contribution in [1.29, 1.82) is 5.26 Å². The molecule has 1 unspecified atom stereocenters. The number of carboxylic acids is 1. The van der Waals surface area contributed by atoms with Crippen molar-refractivity contribution in [3.63, 3.8) is 0 Å². The summed E-state index contributed by atoms with van der Waals surface area (Å²) in [6, 6.07) is 2.09. The number of aliphatic carboxylic acids is 1. The first kappa shape index (κ1) is 28.1. The van der Waals surface area contributed by atoms with Crippen LogP contribution in [0.1, 0.15) is 72.6 Å². The van der Waals surface area contributed by atoms with Crippen molar-refractivity contribution in [1.82, 2.24) is 0 Å². The molecule has 1 heterocycles. The predicted octanol–water partition coefficient (Wildman–Crippen LogP) is 4.25. The lowest BCUT2D eigenvalue weighted by atomic mass is 9.70. The molecule has 2 rings (SSSR count). The van der Waals surface area contributed by atoms with Crippen LogP contribution in [0.4, 0.5) is 0 Å². The van der Waals surface area contributed by atoms with Crippen molar-refractivity contribution in [3.05, 3.63) is 23.8 Å². The van der Waals surface area contributed by atoms with Crippen LogP contribution in [0.5, 0.6) is 0 Å². The van der Waals surface area contributed by atoms with Crippen LogP contribution in [-0.2, 0) is 14.3 Å². The number of carbonyl (C=O) groups excluding carboxylic acids is 1. The standard InChI is InChI=1S/C27H41NO6/c1-16-11-17(2)13-19(4)26(31)20(15-28)7-5-6-8-24(21-9-10-22(21)27(32)33)34-25(30)14-23(29)18(3)12-16/h5-7,16-19,21-24,26,29,31H,8-14H2,1-4H3,(H,32,33)/b6-5+,20-7-/t16-,17+,18-,19-,21+,22+,23-,24?,26+/m0/s1. The van der Waals surface area contributed by atoms with Gasteiger partial charge < -0.3 is 20.1 Å². The number of aliphatic hydroxyl groups excluding tert-OH is 2. The van der Waals surface area contributed by atoms with Gasteiger partial charge in [0.2, 0.25) is 0 Å². The Morgan fingerprint density at radius 3 is 2.26 bits per heavy atom. The third-order valence-corrected chi connectivity index (χ3v) is 7.56. The predicted molar refractivity (Wildman–Crippen MR) is 128 cm³/mol. The first-order chi connectivity index (χ1) is 16.0. The molecule has 7 heteroatoms. The number of allylic oxidation sites excluding steroid dienone is 2. The number of esters is 1. The fourth-order valence-electron chi connectivity index (χ4n) is 5.50. The Kier molecular flexibility index (Phi) is 10.8. The molecule has 0 aromatic heterocycles. The Morgan fingerprint density at radius 1 is 1.06 bits per heavy atom. The van der Waals surface area contributed by atoms with Gasteiger partial charge in [0.1, 0.15) is 6.10 Å². The SMILES string of the molecule is C[C@@H]1C[C@H](C)C[C@H](C)[C@@H](O)CC(=O)OC([C@@H]2CC[C@H]2C(=O)O)C/C=C/C=C(/C#N)[C@H](O)[C@@H](C)C1. The summed E-state index contributed by atoms with van der Waals surface area (Å²) in [5, 5.41) is 40.3. The molecule has 190 valence electrons.